The second-order valence-electron chi connectivity index (χ2n) is 7.56. The van der Waals surface area contributed by atoms with E-state index in [0.717, 1.165) is 18.2 Å². The number of nitrogens with two attached hydrogens (primary N) is 1. The van der Waals surface area contributed by atoms with E-state index in [0.29, 0.717) is 30.1 Å². The minimum atomic E-state index is -0.582. The van der Waals surface area contributed by atoms with Gasteiger partial charge in [-0.15, -0.1) is 0 Å². The number of primary amides is 1. The number of rotatable bonds is 7. The fourth-order valence-corrected chi connectivity index (χ4v) is 3.54. The van der Waals surface area contributed by atoms with Gasteiger partial charge < -0.3 is 25.0 Å². The SMILES string of the molecule is [C-]#[N+]CCC(=O)N1CCC[C@@H](Oc2ccnc3cc(C(N)=O)c(OC(C)C)cc23)C1. The second kappa shape index (κ2) is 9.44. The number of hydrogen-bond acceptors (Lipinski definition) is 5. The van der Waals surface area contributed by atoms with E-state index in [2.05, 4.69) is 9.83 Å². The maximum atomic E-state index is 12.3. The van der Waals surface area contributed by atoms with Gasteiger partial charge in [0.15, 0.2) is 0 Å². The van der Waals surface area contributed by atoms with Gasteiger partial charge in [0.25, 0.3) is 5.91 Å². The van der Waals surface area contributed by atoms with Crippen LogP contribution in [0.4, 0.5) is 0 Å². The molecule has 1 fully saturated rings. The molecular formula is C22H26N4O4. The maximum Gasteiger partial charge on any atom is 0.252 e. The summed E-state index contributed by atoms with van der Waals surface area (Å²) in [4.78, 5) is 33.5. The van der Waals surface area contributed by atoms with Crippen molar-refractivity contribution in [1.82, 2.24) is 9.88 Å². The summed E-state index contributed by atoms with van der Waals surface area (Å²) in [5.41, 5.74) is 6.37. The molecule has 30 heavy (non-hydrogen) atoms. The first kappa shape index (κ1) is 21.4. The number of pyridine rings is 1. The number of aromatic nitrogens is 1. The van der Waals surface area contributed by atoms with Gasteiger partial charge in [-0.25, -0.2) is 6.57 Å². The summed E-state index contributed by atoms with van der Waals surface area (Å²) in [5.74, 6) is 0.409. The number of likely N-dealkylation sites (tertiary alicyclic amines) is 1. The molecule has 1 aromatic heterocycles. The number of amides is 2. The fourth-order valence-electron chi connectivity index (χ4n) is 3.54. The number of carbonyl (C=O) groups excluding carboxylic acids is 2. The molecule has 1 aliphatic rings. The van der Waals surface area contributed by atoms with Crippen LogP contribution in [0.2, 0.25) is 0 Å². The van der Waals surface area contributed by atoms with Crippen LogP contribution in [0.15, 0.2) is 24.4 Å². The third-order valence-electron chi connectivity index (χ3n) is 4.89. The van der Waals surface area contributed by atoms with Crippen LogP contribution in [0.5, 0.6) is 11.5 Å². The van der Waals surface area contributed by atoms with E-state index in [-0.39, 0.29) is 36.6 Å². The van der Waals surface area contributed by atoms with Crippen LogP contribution in [0.3, 0.4) is 0 Å². The van der Waals surface area contributed by atoms with Gasteiger partial charge in [0.1, 0.15) is 17.6 Å². The topological polar surface area (TPSA) is 99.1 Å². The van der Waals surface area contributed by atoms with Crippen molar-refractivity contribution in [1.29, 1.82) is 0 Å². The number of fused-ring (bicyclic) bond motifs is 1. The van der Waals surface area contributed by atoms with Crippen LogP contribution in [-0.4, -0.2) is 53.5 Å². The highest BCUT2D eigenvalue weighted by Gasteiger charge is 2.26. The Morgan fingerprint density at radius 2 is 2.17 bits per heavy atom. The van der Waals surface area contributed by atoms with Crippen LogP contribution >= 0.6 is 0 Å². The first-order chi connectivity index (χ1) is 14.4. The Hall–Kier alpha value is -3.34. The van der Waals surface area contributed by atoms with Crippen molar-refractivity contribution < 1.29 is 19.1 Å². The molecule has 1 aliphatic heterocycles. The molecule has 158 valence electrons. The molecule has 2 heterocycles. The Balaban J connectivity index is 1.86. The number of nitrogens with zero attached hydrogens (tertiary/aromatic N) is 3. The van der Waals surface area contributed by atoms with Crippen molar-refractivity contribution in [3.8, 4) is 11.5 Å². The van der Waals surface area contributed by atoms with Crippen molar-refractivity contribution in [2.75, 3.05) is 19.6 Å². The molecule has 0 aliphatic carbocycles. The van der Waals surface area contributed by atoms with Gasteiger partial charge in [0.05, 0.1) is 30.1 Å². The number of carbonyl (C=O) groups is 2. The van der Waals surface area contributed by atoms with Crippen LogP contribution in [0, 0.1) is 6.57 Å². The lowest BCUT2D eigenvalue weighted by molar-refractivity contribution is -0.133. The normalized spacial score (nSPS) is 16.3. The molecule has 2 N–H and O–H groups in total. The van der Waals surface area contributed by atoms with Crippen molar-refractivity contribution in [2.45, 2.75) is 45.3 Å². The van der Waals surface area contributed by atoms with Crippen molar-refractivity contribution in [3.63, 3.8) is 0 Å². The van der Waals surface area contributed by atoms with E-state index in [1.165, 1.54) is 0 Å². The Labute approximate surface area is 175 Å². The van der Waals surface area contributed by atoms with Gasteiger partial charge in [-0.05, 0) is 44.9 Å². The number of piperidine rings is 1. The Morgan fingerprint density at radius 1 is 1.37 bits per heavy atom. The summed E-state index contributed by atoms with van der Waals surface area (Å²) in [6, 6.07) is 5.12. The predicted molar refractivity (Wildman–Crippen MR) is 112 cm³/mol. The smallest absolute Gasteiger partial charge is 0.252 e. The van der Waals surface area contributed by atoms with E-state index in [1.807, 2.05) is 13.8 Å². The lowest BCUT2D eigenvalue weighted by Crippen LogP contribution is -2.44. The zero-order valence-electron chi connectivity index (χ0n) is 17.3. The number of benzene rings is 1. The molecule has 1 atom stereocenters. The van der Waals surface area contributed by atoms with Gasteiger partial charge in [-0.1, -0.05) is 0 Å². The lowest BCUT2D eigenvalue weighted by Gasteiger charge is -2.33. The summed E-state index contributed by atoms with van der Waals surface area (Å²) >= 11 is 0. The lowest BCUT2D eigenvalue weighted by atomic mass is 10.1. The Kier molecular flexibility index (Phi) is 6.72. The van der Waals surface area contributed by atoms with Crippen LogP contribution < -0.4 is 15.2 Å². The molecule has 0 bridgehead atoms. The highest BCUT2D eigenvalue weighted by atomic mass is 16.5. The van der Waals surface area contributed by atoms with E-state index >= 15 is 0 Å². The monoisotopic (exact) mass is 410 g/mol. The average molecular weight is 410 g/mol. The molecule has 1 aromatic carbocycles. The zero-order chi connectivity index (χ0) is 21.7. The van der Waals surface area contributed by atoms with Crippen molar-refractivity contribution in [2.24, 2.45) is 5.73 Å². The van der Waals surface area contributed by atoms with Crippen LogP contribution in [0.25, 0.3) is 15.7 Å². The molecular weight excluding hydrogens is 384 g/mol. The summed E-state index contributed by atoms with van der Waals surface area (Å²) in [6.07, 6.45) is 3.23. The molecule has 3 rings (SSSR count). The zero-order valence-corrected chi connectivity index (χ0v) is 17.3. The summed E-state index contributed by atoms with van der Waals surface area (Å²) in [7, 11) is 0. The van der Waals surface area contributed by atoms with Crippen molar-refractivity contribution in [3.05, 3.63) is 41.4 Å². The van der Waals surface area contributed by atoms with E-state index in [4.69, 9.17) is 21.8 Å². The average Bonchev–Trinajstić information content (AvgIpc) is 2.71. The third kappa shape index (κ3) is 4.98. The molecule has 0 unspecified atom stereocenters. The molecule has 1 saturated heterocycles. The summed E-state index contributed by atoms with van der Waals surface area (Å²) < 4.78 is 12.0. The van der Waals surface area contributed by atoms with Crippen LogP contribution in [-0.2, 0) is 4.79 Å². The molecule has 8 nitrogen and oxygen atoms in total. The minimum absolute atomic E-state index is 0.0161. The predicted octanol–water partition coefficient (Wildman–Crippen LogP) is 2.80. The molecule has 2 aromatic rings. The fraction of sp³-hybridized carbons (Fsp3) is 0.455. The highest BCUT2D eigenvalue weighted by molar-refractivity contribution is 6.01. The summed E-state index contributed by atoms with van der Waals surface area (Å²) in [6.45, 7) is 12.0. The van der Waals surface area contributed by atoms with Gasteiger partial charge in [0.2, 0.25) is 12.5 Å². The van der Waals surface area contributed by atoms with E-state index in [9.17, 15) is 9.59 Å². The Bertz CT molecular complexity index is 983. The third-order valence-corrected chi connectivity index (χ3v) is 4.89. The van der Waals surface area contributed by atoms with E-state index < -0.39 is 5.91 Å². The van der Waals surface area contributed by atoms with Gasteiger partial charge >= 0.3 is 0 Å². The molecule has 0 radical (unpaired) electrons. The van der Waals surface area contributed by atoms with Gasteiger partial charge in [0, 0.05) is 18.1 Å². The minimum Gasteiger partial charge on any atom is -0.490 e. The van der Waals surface area contributed by atoms with Crippen LogP contribution in [0.1, 0.15) is 43.5 Å². The molecule has 2 amide bonds. The van der Waals surface area contributed by atoms with Gasteiger partial charge in [-0.2, -0.15) is 0 Å². The molecule has 0 spiro atoms. The largest absolute Gasteiger partial charge is 0.490 e. The Morgan fingerprint density at radius 3 is 2.87 bits per heavy atom. The second-order valence-corrected chi connectivity index (χ2v) is 7.56. The highest BCUT2D eigenvalue weighted by Crippen LogP contribution is 2.32. The maximum absolute atomic E-state index is 12.3. The van der Waals surface area contributed by atoms with Crippen molar-refractivity contribution >= 4 is 22.7 Å². The first-order valence-corrected chi connectivity index (χ1v) is 10.1. The van der Waals surface area contributed by atoms with Gasteiger partial charge in [-0.3, -0.25) is 14.6 Å². The van der Waals surface area contributed by atoms with E-state index in [1.54, 1.807) is 29.3 Å². The number of hydrogen-bond donors (Lipinski definition) is 1. The standard InChI is InChI=1S/C22H26N4O4/c1-14(2)29-20-12-16-18(11-17(20)22(23)28)25-9-6-19(16)30-15-5-4-10-26(13-15)21(27)7-8-24-3/h6,9,11-12,14-15H,4-5,7-8,10,13H2,1-2H3,(H2,23,28)/t15-/m1/s1. The first-order valence-electron chi connectivity index (χ1n) is 10.1. The number of ether oxygens (including phenoxy) is 2. The summed E-state index contributed by atoms with van der Waals surface area (Å²) in [5, 5.41) is 0.717. The quantitative estimate of drug-likeness (QED) is 0.708. The molecule has 8 heteroatoms. The molecule has 0 saturated carbocycles.